The monoisotopic (exact) mass is 394 g/mol. The summed E-state index contributed by atoms with van der Waals surface area (Å²) in [5.41, 5.74) is 2.35. The standard InChI is InChI=1S/C20H18N4O3S/c25-19(21-12-11-15-5-2-1-3-6-15)14-28-20-10-9-18(22-23-20)16-7-4-8-17(13-16)24(26)27/h1-10,13H,11-12,14H2,(H,21,25). The van der Waals surface area contributed by atoms with Crippen LogP contribution in [0, 0.1) is 10.1 Å². The molecule has 142 valence electrons. The van der Waals surface area contributed by atoms with Gasteiger partial charge in [0.15, 0.2) is 0 Å². The van der Waals surface area contributed by atoms with Gasteiger partial charge in [-0.3, -0.25) is 14.9 Å². The van der Waals surface area contributed by atoms with Gasteiger partial charge in [0, 0.05) is 24.2 Å². The third-order valence-corrected chi connectivity index (χ3v) is 4.84. The highest BCUT2D eigenvalue weighted by molar-refractivity contribution is 7.99. The summed E-state index contributed by atoms with van der Waals surface area (Å²) in [7, 11) is 0. The number of nitrogens with zero attached hydrogens (tertiary/aromatic N) is 3. The Hall–Kier alpha value is -3.26. The molecular weight excluding hydrogens is 376 g/mol. The summed E-state index contributed by atoms with van der Waals surface area (Å²) < 4.78 is 0. The predicted molar refractivity (Wildman–Crippen MR) is 108 cm³/mol. The SMILES string of the molecule is O=C(CSc1ccc(-c2cccc([N+](=O)[O-])c2)nn1)NCCc1ccccc1. The normalized spacial score (nSPS) is 10.4. The second-order valence-electron chi connectivity index (χ2n) is 5.94. The lowest BCUT2D eigenvalue weighted by Crippen LogP contribution is -2.27. The fraction of sp³-hybridized carbons (Fsp3) is 0.150. The van der Waals surface area contributed by atoms with Crippen LogP contribution >= 0.6 is 11.8 Å². The van der Waals surface area contributed by atoms with Crippen molar-refractivity contribution in [3.63, 3.8) is 0 Å². The van der Waals surface area contributed by atoms with E-state index in [2.05, 4.69) is 15.5 Å². The second-order valence-corrected chi connectivity index (χ2v) is 6.93. The fourth-order valence-electron chi connectivity index (χ4n) is 2.51. The lowest BCUT2D eigenvalue weighted by molar-refractivity contribution is -0.384. The van der Waals surface area contributed by atoms with Crippen LogP contribution in [-0.2, 0) is 11.2 Å². The maximum Gasteiger partial charge on any atom is 0.270 e. The first-order valence-corrected chi connectivity index (χ1v) is 9.62. The van der Waals surface area contributed by atoms with Crippen molar-refractivity contribution in [3.8, 4) is 11.3 Å². The van der Waals surface area contributed by atoms with E-state index in [-0.39, 0.29) is 17.3 Å². The molecule has 2 aromatic carbocycles. The van der Waals surface area contributed by atoms with Crippen LogP contribution in [0.1, 0.15) is 5.56 Å². The first-order chi connectivity index (χ1) is 13.6. The summed E-state index contributed by atoms with van der Waals surface area (Å²) >= 11 is 1.29. The first-order valence-electron chi connectivity index (χ1n) is 8.64. The van der Waals surface area contributed by atoms with Crippen molar-refractivity contribution >= 4 is 23.4 Å². The maximum atomic E-state index is 12.0. The molecule has 1 amide bonds. The van der Waals surface area contributed by atoms with E-state index in [0.717, 1.165) is 6.42 Å². The minimum absolute atomic E-state index is 0.00456. The van der Waals surface area contributed by atoms with E-state index in [1.807, 2.05) is 30.3 Å². The number of nitro groups is 1. The number of nitrogens with one attached hydrogen (secondary N) is 1. The number of carbonyl (C=O) groups is 1. The Kier molecular flexibility index (Phi) is 6.69. The van der Waals surface area contributed by atoms with Crippen LogP contribution < -0.4 is 5.32 Å². The molecule has 0 aliphatic carbocycles. The highest BCUT2D eigenvalue weighted by atomic mass is 32.2. The van der Waals surface area contributed by atoms with Gasteiger partial charge in [0.1, 0.15) is 5.03 Å². The number of aromatic nitrogens is 2. The minimum Gasteiger partial charge on any atom is -0.355 e. The summed E-state index contributed by atoms with van der Waals surface area (Å²) in [5.74, 6) is 0.185. The summed E-state index contributed by atoms with van der Waals surface area (Å²) in [6, 6.07) is 19.7. The van der Waals surface area contributed by atoms with Gasteiger partial charge in [0.2, 0.25) is 5.91 Å². The molecule has 0 atom stereocenters. The van der Waals surface area contributed by atoms with Gasteiger partial charge in [-0.1, -0.05) is 54.2 Å². The molecular formula is C20H18N4O3S. The first kappa shape index (κ1) is 19.5. The minimum atomic E-state index is -0.447. The number of hydrogen-bond acceptors (Lipinski definition) is 6. The fourth-order valence-corrected chi connectivity index (χ4v) is 3.16. The quantitative estimate of drug-likeness (QED) is 0.357. The maximum absolute atomic E-state index is 12.0. The Morgan fingerprint density at radius 1 is 1.04 bits per heavy atom. The van der Waals surface area contributed by atoms with Crippen molar-refractivity contribution in [2.24, 2.45) is 0 Å². The molecule has 0 bridgehead atoms. The van der Waals surface area contributed by atoms with E-state index in [0.29, 0.717) is 22.8 Å². The third-order valence-electron chi connectivity index (χ3n) is 3.92. The number of benzene rings is 2. The van der Waals surface area contributed by atoms with E-state index >= 15 is 0 Å². The van der Waals surface area contributed by atoms with Gasteiger partial charge in [-0.25, -0.2) is 0 Å². The smallest absolute Gasteiger partial charge is 0.270 e. The van der Waals surface area contributed by atoms with Gasteiger partial charge in [0.05, 0.1) is 16.4 Å². The van der Waals surface area contributed by atoms with Crippen LogP contribution in [0.5, 0.6) is 0 Å². The van der Waals surface area contributed by atoms with Crippen molar-refractivity contribution in [3.05, 3.63) is 82.4 Å². The molecule has 0 radical (unpaired) electrons. The Morgan fingerprint density at radius 3 is 2.57 bits per heavy atom. The molecule has 28 heavy (non-hydrogen) atoms. The molecule has 0 spiro atoms. The van der Waals surface area contributed by atoms with Gasteiger partial charge in [-0.05, 0) is 24.1 Å². The molecule has 1 N–H and O–H groups in total. The number of hydrogen-bond donors (Lipinski definition) is 1. The number of rotatable bonds is 8. The number of nitro benzene ring substituents is 1. The molecule has 3 rings (SSSR count). The van der Waals surface area contributed by atoms with Crippen LogP contribution in [0.3, 0.4) is 0 Å². The largest absolute Gasteiger partial charge is 0.355 e. The van der Waals surface area contributed by atoms with E-state index in [1.165, 1.54) is 29.5 Å². The summed E-state index contributed by atoms with van der Waals surface area (Å²) in [6.45, 7) is 0.584. The Balaban J connectivity index is 1.48. The molecule has 1 aromatic heterocycles. The highest BCUT2D eigenvalue weighted by Gasteiger charge is 2.09. The van der Waals surface area contributed by atoms with Crippen LogP contribution in [0.4, 0.5) is 5.69 Å². The molecule has 0 aliphatic rings. The van der Waals surface area contributed by atoms with E-state index in [1.54, 1.807) is 24.3 Å². The van der Waals surface area contributed by atoms with Crippen molar-refractivity contribution in [2.45, 2.75) is 11.4 Å². The molecule has 0 saturated heterocycles. The van der Waals surface area contributed by atoms with E-state index < -0.39 is 4.92 Å². The zero-order valence-electron chi connectivity index (χ0n) is 14.9. The third kappa shape index (κ3) is 5.62. The molecule has 3 aromatic rings. The zero-order chi connectivity index (χ0) is 19.8. The van der Waals surface area contributed by atoms with Crippen LogP contribution in [0.15, 0.2) is 71.8 Å². The molecule has 0 saturated carbocycles. The van der Waals surface area contributed by atoms with E-state index in [9.17, 15) is 14.9 Å². The zero-order valence-corrected chi connectivity index (χ0v) is 15.8. The number of carbonyl (C=O) groups excluding carboxylic acids is 1. The predicted octanol–water partition coefficient (Wildman–Crippen LogP) is 3.50. The molecule has 0 fully saturated rings. The van der Waals surface area contributed by atoms with Gasteiger partial charge < -0.3 is 5.32 Å². The highest BCUT2D eigenvalue weighted by Crippen LogP contribution is 2.23. The van der Waals surface area contributed by atoms with Gasteiger partial charge in [0.25, 0.3) is 5.69 Å². The average molecular weight is 394 g/mol. The Labute approximate surface area is 166 Å². The topological polar surface area (TPSA) is 98.0 Å². The average Bonchev–Trinajstić information content (AvgIpc) is 2.73. The van der Waals surface area contributed by atoms with Crippen molar-refractivity contribution in [1.82, 2.24) is 15.5 Å². The van der Waals surface area contributed by atoms with Crippen LogP contribution in [-0.4, -0.2) is 33.3 Å². The summed E-state index contributed by atoms with van der Waals surface area (Å²) in [6.07, 6.45) is 0.787. The lowest BCUT2D eigenvalue weighted by atomic mass is 10.1. The van der Waals surface area contributed by atoms with Crippen LogP contribution in [0.25, 0.3) is 11.3 Å². The molecule has 0 aliphatic heterocycles. The van der Waals surface area contributed by atoms with Crippen molar-refractivity contribution < 1.29 is 9.72 Å². The molecule has 7 nitrogen and oxygen atoms in total. The molecule has 1 heterocycles. The van der Waals surface area contributed by atoms with Crippen molar-refractivity contribution in [1.29, 1.82) is 0 Å². The number of thioether (sulfide) groups is 1. The van der Waals surface area contributed by atoms with Gasteiger partial charge in [-0.15, -0.1) is 10.2 Å². The molecule has 0 unspecified atom stereocenters. The van der Waals surface area contributed by atoms with Gasteiger partial charge in [-0.2, -0.15) is 0 Å². The van der Waals surface area contributed by atoms with E-state index in [4.69, 9.17) is 0 Å². The Morgan fingerprint density at radius 2 is 1.86 bits per heavy atom. The van der Waals surface area contributed by atoms with Crippen molar-refractivity contribution in [2.75, 3.05) is 12.3 Å². The Bertz CT molecular complexity index is 949. The molecule has 8 heteroatoms. The second kappa shape index (κ2) is 9.61. The lowest BCUT2D eigenvalue weighted by Gasteiger charge is -2.05. The number of amides is 1. The van der Waals surface area contributed by atoms with Crippen LogP contribution in [0.2, 0.25) is 0 Å². The summed E-state index contributed by atoms with van der Waals surface area (Å²) in [5, 5.41) is 22.6. The number of non-ortho nitro benzene ring substituents is 1. The van der Waals surface area contributed by atoms with Gasteiger partial charge >= 0.3 is 0 Å². The summed E-state index contributed by atoms with van der Waals surface area (Å²) in [4.78, 5) is 22.4.